The van der Waals surface area contributed by atoms with Crippen LogP contribution in [0.15, 0.2) is 82.0 Å². The maximum atomic E-state index is 12.9. The fraction of sp³-hybridized carbons (Fsp3) is 0.222. The number of benzene rings is 3. The lowest BCUT2D eigenvalue weighted by molar-refractivity contribution is -0.932. The summed E-state index contributed by atoms with van der Waals surface area (Å²) in [6, 6.07) is 24.6. The minimum absolute atomic E-state index is 0.251. The van der Waals surface area contributed by atoms with Gasteiger partial charge in [-0.2, -0.15) is 0 Å². The van der Waals surface area contributed by atoms with E-state index in [1.165, 1.54) is 10.5 Å². The summed E-state index contributed by atoms with van der Waals surface area (Å²) in [6.07, 6.45) is 1.57. The highest BCUT2D eigenvalue weighted by Gasteiger charge is 2.25. The zero-order chi connectivity index (χ0) is 21.2. The third-order valence-electron chi connectivity index (χ3n) is 6.21. The molecule has 4 heteroatoms. The van der Waals surface area contributed by atoms with Crippen molar-refractivity contribution >= 4 is 11.0 Å². The van der Waals surface area contributed by atoms with E-state index in [1.54, 1.807) is 0 Å². The number of hydrogen-bond acceptors (Lipinski definition) is 3. The first-order valence-corrected chi connectivity index (χ1v) is 10.8. The highest BCUT2D eigenvalue weighted by Crippen LogP contribution is 2.31. The number of nitrogens with one attached hydrogen (secondary N) is 1. The van der Waals surface area contributed by atoms with Gasteiger partial charge < -0.3 is 9.15 Å². The molecule has 31 heavy (non-hydrogen) atoms. The van der Waals surface area contributed by atoms with E-state index < -0.39 is 0 Å². The molecule has 1 aliphatic heterocycles. The number of rotatable bonds is 5. The van der Waals surface area contributed by atoms with Gasteiger partial charge in [0.15, 0.2) is 5.58 Å². The largest absolute Gasteiger partial charge is 0.445 e. The SMILES string of the molecule is Cc1c(Cc2ccccc2)c(=O)oc2c3c(ccc12)OC[NH+](CCc1ccccc1)C3. The van der Waals surface area contributed by atoms with Crippen molar-refractivity contribution < 1.29 is 14.1 Å². The van der Waals surface area contributed by atoms with Crippen LogP contribution in [0.1, 0.15) is 27.8 Å². The Morgan fingerprint density at radius 1 is 0.903 bits per heavy atom. The molecule has 0 radical (unpaired) electrons. The summed E-state index contributed by atoms with van der Waals surface area (Å²) in [5.41, 5.74) is 5.57. The van der Waals surface area contributed by atoms with Gasteiger partial charge in [-0.15, -0.1) is 0 Å². The number of ether oxygens (including phenoxy) is 1. The van der Waals surface area contributed by atoms with Gasteiger partial charge in [-0.1, -0.05) is 60.7 Å². The highest BCUT2D eigenvalue weighted by atomic mass is 16.5. The van der Waals surface area contributed by atoms with Gasteiger partial charge in [0, 0.05) is 23.8 Å². The Morgan fingerprint density at radius 3 is 2.35 bits per heavy atom. The smallest absolute Gasteiger partial charge is 0.340 e. The van der Waals surface area contributed by atoms with E-state index in [1.807, 2.05) is 55.5 Å². The Kier molecular flexibility index (Phi) is 5.31. The van der Waals surface area contributed by atoms with E-state index in [9.17, 15) is 4.79 Å². The molecule has 0 aliphatic carbocycles. The molecule has 0 fully saturated rings. The molecular formula is C27H26NO3+. The van der Waals surface area contributed by atoms with Crippen LogP contribution >= 0.6 is 0 Å². The molecule has 156 valence electrons. The van der Waals surface area contributed by atoms with Gasteiger partial charge in [0.2, 0.25) is 6.73 Å². The van der Waals surface area contributed by atoms with Crippen LogP contribution in [-0.4, -0.2) is 13.3 Å². The van der Waals surface area contributed by atoms with Gasteiger partial charge in [-0.3, -0.25) is 4.90 Å². The predicted octanol–water partition coefficient (Wildman–Crippen LogP) is 3.67. The van der Waals surface area contributed by atoms with E-state index in [-0.39, 0.29) is 5.63 Å². The molecule has 1 unspecified atom stereocenters. The highest BCUT2D eigenvalue weighted by molar-refractivity contribution is 5.86. The van der Waals surface area contributed by atoms with Gasteiger partial charge in [0.1, 0.15) is 12.3 Å². The standard InChI is InChI=1S/C27H25NO3/c1-19-22-12-13-25-24(17-28(18-30-25)15-14-20-8-4-2-5-9-20)26(22)31-27(29)23(19)16-21-10-6-3-7-11-21/h2-13H,14-18H2,1H3/p+1. The van der Waals surface area contributed by atoms with Gasteiger partial charge in [-0.05, 0) is 35.7 Å². The Hall–Kier alpha value is -3.37. The monoisotopic (exact) mass is 412 g/mol. The average Bonchev–Trinajstić information content (AvgIpc) is 2.81. The average molecular weight is 413 g/mol. The molecule has 0 amide bonds. The third-order valence-corrected chi connectivity index (χ3v) is 6.21. The van der Waals surface area contributed by atoms with Crippen molar-refractivity contribution in [1.82, 2.24) is 0 Å². The summed E-state index contributed by atoms with van der Waals surface area (Å²) >= 11 is 0. The molecule has 2 heterocycles. The quantitative estimate of drug-likeness (QED) is 0.509. The van der Waals surface area contributed by atoms with Crippen molar-refractivity contribution in [1.29, 1.82) is 0 Å². The second-order valence-electron chi connectivity index (χ2n) is 8.28. The summed E-state index contributed by atoms with van der Waals surface area (Å²) < 4.78 is 11.9. The summed E-state index contributed by atoms with van der Waals surface area (Å²) in [7, 11) is 0. The van der Waals surface area contributed by atoms with Crippen molar-refractivity contribution in [3.8, 4) is 5.75 Å². The first-order valence-electron chi connectivity index (χ1n) is 10.8. The van der Waals surface area contributed by atoms with E-state index >= 15 is 0 Å². The van der Waals surface area contributed by atoms with Crippen molar-refractivity contribution in [2.45, 2.75) is 26.3 Å². The lowest BCUT2D eigenvalue weighted by atomic mass is 9.97. The third kappa shape index (κ3) is 3.99. The van der Waals surface area contributed by atoms with Crippen LogP contribution in [0, 0.1) is 6.92 Å². The number of aryl methyl sites for hydroxylation is 1. The van der Waals surface area contributed by atoms with Gasteiger partial charge in [-0.25, -0.2) is 4.79 Å². The molecule has 0 saturated carbocycles. The molecule has 4 nitrogen and oxygen atoms in total. The van der Waals surface area contributed by atoms with E-state index in [2.05, 4.69) is 24.3 Å². The first kappa shape index (κ1) is 19.6. The van der Waals surface area contributed by atoms with Crippen LogP contribution in [0.2, 0.25) is 0 Å². The molecule has 5 rings (SSSR count). The summed E-state index contributed by atoms with van der Waals surface area (Å²) in [5.74, 6) is 0.828. The molecule has 1 aliphatic rings. The Labute approximate surface area is 181 Å². The van der Waals surface area contributed by atoms with Gasteiger partial charge in [0.05, 0.1) is 12.1 Å². The fourth-order valence-corrected chi connectivity index (χ4v) is 4.41. The molecule has 3 aromatic carbocycles. The van der Waals surface area contributed by atoms with E-state index in [0.29, 0.717) is 18.7 Å². The Balaban J connectivity index is 1.45. The van der Waals surface area contributed by atoms with Gasteiger partial charge in [0.25, 0.3) is 0 Å². The summed E-state index contributed by atoms with van der Waals surface area (Å²) in [6.45, 7) is 4.41. The number of fused-ring (bicyclic) bond motifs is 3. The van der Waals surface area contributed by atoms with Crippen molar-refractivity contribution in [2.24, 2.45) is 0 Å². The molecular weight excluding hydrogens is 386 g/mol. The zero-order valence-corrected chi connectivity index (χ0v) is 17.7. The molecule has 0 bridgehead atoms. The Morgan fingerprint density at radius 2 is 1.61 bits per heavy atom. The maximum absolute atomic E-state index is 12.9. The van der Waals surface area contributed by atoms with Crippen LogP contribution < -0.4 is 15.3 Å². The minimum atomic E-state index is -0.251. The molecule has 1 atom stereocenters. The van der Waals surface area contributed by atoms with E-state index in [0.717, 1.165) is 52.9 Å². The second kappa shape index (κ2) is 8.40. The number of hydrogen-bond donors (Lipinski definition) is 1. The molecule has 0 spiro atoms. The van der Waals surface area contributed by atoms with Crippen molar-refractivity contribution in [3.05, 3.63) is 111 Å². The van der Waals surface area contributed by atoms with Gasteiger partial charge >= 0.3 is 5.63 Å². The lowest BCUT2D eigenvalue weighted by Gasteiger charge is -2.26. The molecule has 4 aromatic rings. The van der Waals surface area contributed by atoms with Crippen LogP contribution in [0.25, 0.3) is 11.0 Å². The predicted molar refractivity (Wildman–Crippen MR) is 122 cm³/mol. The summed E-state index contributed by atoms with van der Waals surface area (Å²) in [5, 5.41) is 0.997. The lowest BCUT2D eigenvalue weighted by Crippen LogP contribution is -3.12. The molecule has 1 aromatic heterocycles. The fourth-order valence-electron chi connectivity index (χ4n) is 4.41. The topological polar surface area (TPSA) is 43.9 Å². The Bertz CT molecular complexity index is 1260. The minimum Gasteiger partial charge on any atom is -0.445 e. The zero-order valence-electron chi connectivity index (χ0n) is 17.7. The molecule has 1 N–H and O–H groups in total. The second-order valence-corrected chi connectivity index (χ2v) is 8.28. The molecule has 0 saturated heterocycles. The number of quaternary nitrogens is 1. The van der Waals surface area contributed by atoms with E-state index in [4.69, 9.17) is 9.15 Å². The maximum Gasteiger partial charge on any atom is 0.340 e. The van der Waals surface area contributed by atoms with Crippen LogP contribution in [0.3, 0.4) is 0 Å². The van der Waals surface area contributed by atoms with Crippen LogP contribution in [-0.2, 0) is 19.4 Å². The van der Waals surface area contributed by atoms with Crippen LogP contribution in [0.4, 0.5) is 0 Å². The first-order chi connectivity index (χ1) is 15.2. The van der Waals surface area contributed by atoms with Crippen LogP contribution in [0.5, 0.6) is 5.75 Å². The van der Waals surface area contributed by atoms with Crippen molar-refractivity contribution in [2.75, 3.05) is 13.3 Å². The van der Waals surface area contributed by atoms with Crippen molar-refractivity contribution in [3.63, 3.8) is 0 Å². The normalized spacial score (nSPS) is 15.5. The summed E-state index contributed by atoms with van der Waals surface area (Å²) in [4.78, 5) is 14.3.